The molecule has 4 nitrogen and oxygen atoms in total. The minimum absolute atomic E-state index is 0.178. The second-order valence-corrected chi connectivity index (χ2v) is 6.21. The number of amidine groups is 1. The molecule has 1 fully saturated rings. The van der Waals surface area contributed by atoms with Crippen molar-refractivity contribution in [1.29, 1.82) is 0 Å². The average Bonchev–Trinajstić information content (AvgIpc) is 2.96. The molecule has 0 spiro atoms. The minimum Gasteiger partial charge on any atom is -0.488 e. The zero-order chi connectivity index (χ0) is 13.5. The van der Waals surface area contributed by atoms with Crippen molar-refractivity contribution in [1.82, 2.24) is 4.90 Å². The van der Waals surface area contributed by atoms with E-state index in [0.29, 0.717) is 21.5 Å². The number of nitrogens with zero attached hydrogens (tertiary/aromatic N) is 2. The van der Waals surface area contributed by atoms with Crippen LogP contribution in [-0.4, -0.2) is 46.3 Å². The number of aliphatic imine (C=N–C) groups is 1. The molecular weight excluding hydrogens is 307 g/mol. The Bertz CT molecular complexity index is 540. The van der Waals surface area contributed by atoms with E-state index < -0.39 is 5.72 Å². The van der Waals surface area contributed by atoms with Crippen molar-refractivity contribution in [2.45, 2.75) is 5.72 Å². The van der Waals surface area contributed by atoms with Crippen molar-refractivity contribution < 1.29 is 9.84 Å². The second kappa shape index (κ2) is 5.05. The van der Waals surface area contributed by atoms with E-state index in [1.807, 2.05) is 4.90 Å². The quantitative estimate of drug-likeness (QED) is 0.930. The van der Waals surface area contributed by atoms with Crippen LogP contribution < -0.4 is 4.74 Å². The van der Waals surface area contributed by atoms with Gasteiger partial charge in [0, 0.05) is 12.6 Å². The molecule has 19 heavy (non-hydrogen) atoms. The van der Waals surface area contributed by atoms with Crippen molar-refractivity contribution in [2.75, 3.05) is 25.4 Å². The van der Waals surface area contributed by atoms with Gasteiger partial charge in [-0.05, 0) is 12.1 Å². The number of hydrogen-bond acceptors (Lipinski definition) is 5. The highest BCUT2D eigenvalue weighted by molar-refractivity contribution is 8.14. The highest BCUT2D eigenvalue weighted by atomic mass is 35.5. The summed E-state index contributed by atoms with van der Waals surface area (Å²) in [5.74, 6) is 1.16. The number of benzene rings is 1. The predicted molar refractivity (Wildman–Crippen MR) is 78.4 cm³/mol. The molecule has 0 radical (unpaired) electrons. The van der Waals surface area contributed by atoms with Gasteiger partial charge in [0.25, 0.3) is 0 Å². The molecule has 1 saturated heterocycles. The fourth-order valence-corrected chi connectivity index (χ4v) is 3.57. The number of rotatable bonds is 3. The first kappa shape index (κ1) is 13.4. The first-order valence-corrected chi connectivity index (χ1v) is 7.58. The van der Waals surface area contributed by atoms with E-state index in [9.17, 15) is 5.11 Å². The number of halogens is 2. The fourth-order valence-electron chi connectivity index (χ4n) is 2.08. The molecule has 1 aromatic rings. The summed E-state index contributed by atoms with van der Waals surface area (Å²) < 4.78 is 5.63. The molecular formula is C12H12Cl2N2O2S. The summed E-state index contributed by atoms with van der Waals surface area (Å²) in [5.41, 5.74) is -0.994. The minimum atomic E-state index is -0.994. The van der Waals surface area contributed by atoms with Gasteiger partial charge in [-0.15, -0.1) is 0 Å². The zero-order valence-electron chi connectivity index (χ0n) is 9.97. The van der Waals surface area contributed by atoms with Gasteiger partial charge in [-0.1, -0.05) is 35.0 Å². The molecule has 0 bridgehead atoms. The first-order chi connectivity index (χ1) is 9.08. The Morgan fingerprint density at radius 3 is 3.05 bits per heavy atom. The molecule has 102 valence electrons. The summed E-state index contributed by atoms with van der Waals surface area (Å²) in [4.78, 5) is 6.22. The lowest BCUT2D eigenvalue weighted by molar-refractivity contribution is -0.0694. The van der Waals surface area contributed by atoms with Gasteiger partial charge in [0.15, 0.2) is 10.9 Å². The lowest BCUT2D eigenvalue weighted by Gasteiger charge is -2.31. The standard InChI is InChI=1S/C12H12Cl2N2O2S/c13-9-2-1-8(5-10(9)14)18-6-12(17)7-19-11-15-3-4-16(11)12/h1-2,5,17H,3-4,6-7H2. The lowest BCUT2D eigenvalue weighted by Crippen LogP contribution is -2.51. The van der Waals surface area contributed by atoms with Crippen molar-refractivity contribution in [3.05, 3.63) is 28.2 Å². The third-order valence-corrected chi connectivity index (χ3v) is 5.05. The van der Waals surface area contributed by atoms with E-state index in [-0.39, 0.29) is 6.61 Å². The van der Waals surface area contributed by atoms with Crippen LogP contribution in [0.4, 0.5) is 0 Å². The SMILES string of the molecule is OC1(COc2ccc(Cl)c(Cl)c2)CSC2=NCCN21. The lowest BCUT2D eigenvalue weighted by atomic mass is 10.2. The summed E-state index contributed by atoms with van der Waals surface area (Å²) in [6.07, 6.45) is 0. The Balaban J connectivity index is 1.69. The first-order valence-electron chi connectivity index (χ1n) is 5.84. The molecule has 1 unspecified atom stereocenters. The van der Waals surface area contributed by atoms with Crippen LogP contribution in [0, 0.1) is 0 Å². The molecule has 2 heterocycles. The summed E-state index contributed by atoms with van der Waals surface area (Å²) in [5, 5.41) is 12.4. The van der Waals surface area contributed by atoms with Gasteiger partial charge in [0.1, 0.15) is 12.4 Å². The highest BCUT2D eigenvalue weighted by Crippen LogP contribution is 2.34. The van der Waals surface area contributed by atoms with E-state index in [1.54, 1.807) is 30.0 Å². The molecule has 2 aliphatic rings. The number of ether oxygens (including phenoxy) is 1. The molecule has 0 amide bonds. The summed E-state index contributed by atoms with van der Waals surface area (Å²) in [7, 11) is 0. The van der Waals surface area contributed by atoms with Crippen molar-refractivity contribution in [3.63, 3.8) is 0 Å². The van der Waals surface area contributed by atoms with Crippen molar-refractivity contribution in [3.8, 4) is 5.75 Å². The number of fused-ring (bicyclic) bond motifs is 1. The van der Waals surface area contributed by atoms with Crippen LogP contribution in [0.1, 0.15) is 0 Å². The second-order valence-electron chi connectivity index (χ2n) is 4.45. The molecule has 2 aliphatic heterocycles. The smallest absolute Gasteiger partial charge is 0.184 e. The summed E-state index contributed by atoms with van der Waals surface area (Å²) >= 11 is 13.3. The van der Waals surface area contributed by atoms with Crippen LogP contribution in [0.25, 0.3) is 0 Å². The van der Waals surface area contributed by atoms with E-state index in [1.165, 1.54) is 0 Å². The van der Waals surface area contributed by atoms with Gasteiger partial charge >= 0.3 is 0 Å². The summed E-state index contributed by atoms with van der Waals surface area (Å²) in [6.45, 7) is 1.65. The Hall–Kier alpha value is -0.620. The van der Waals surface area contributed by atoms with Gasteiger partial charge in [-0.2, -0.15) is 0 Å². The third kappa shape index (κ3) is 2.52. The van der Waals surface area contributed by atoms with E-state index >= 15 is 0 Å². The van der Waals surface area contributed by atoms with Crippen molar-refractivity contribution >= 4 is 40.1 Å². The van der Waals surface area contributed by atoms with Crippen LogP contribution in [-0.2, 0) is 0 Å². The van der Waals surface area contributed by atoms with Crippen LogP contribution in [0.15, 0.2) is 23.2 Å². The maximum Gasteiger partial charge on any atom is 0.184 e. The van der Waals surface area contributed by atoms with Gasteiger partial charge in [0.2, 0.25) is 0 Å². The van der Waals surface area contributed by atoms with Gasteiger partial charge in [-0.25, -0.2) is 0 Å². The topological polar surface area (TPSA) is 45.1 Å². The summed E-state index contributed by atoms with van der Waals surface area (Å²) in [6, 6.07) is 5.06. The maximum absolute atomic E-state index is 10.6. The van der Waals surface area contributed by atoms with E-state index in [0.717, 1.165) is 18.3 Å². The van der Waals surface area contributed by atoms with Gasteiger partial charge in [-0.3, -0.25) is 4.99 Å². The molecule has 0 saturated carbocycles. The molecule has 1 atom stereocenters. The monoisotopic (exact) mass is 318 g/mol. The Morgan fingerprint density at radius 1 is 1.42 bits per heavy atom. The van der Waals surface area contributed by atoms with Crippen LogP contribution in [0.5, 0.6) is 5.75 Å². The number of hydrogen-bond donors (Lipinski definition) is 1. The van der Waals surface area contributed by atoms with E-state index in [2.05, 4.69) is 4.99 Å². The highest BCUT2D eigenvalue weighted by Gasteiger charge is 2.45. The van der Waals surface area contributed by atoms with Crippen molar-refractivity contribution in [2.24, 2.45) is 4.99 Å². The van der Waals surface area contributed by atoms with Crippen LogP contribution in [0.3, 0.4) is 0 Å². The molecule has 1 aromatic carbocycles. The molecule has 3 rings (SSSR count). The normalized spacial score (nSPS) is 25.4. The van der Waals surface area contributed by atoms with Gasteiger partial charge in [0.05, 0.1) is 22.3 Å². The Kier molecular flexibility index (Phi) is 3.55. The van der Waals surface area contributed by atoms with Crippen LogP contribution >= 0.6 is 35.0 Å². The molecule has 7 heteroatoms. The predicted octanol–water partition coefficient (Wildman–Crippen LogP) is 2.48. The van der Waals surface area contributed by atoms with Gasteiger partial charge < -0.3 is 14.7 Å². The Labute approximate surface area is 125 Å². The number of aliphatic hydroxyl groups is 1. The maximum atomic E-state index is 10.6. The Morgan fingerprint density at radius 2 is 2.26 bits per heavy atom. The number of thioether (sulfide) groups is 1. The van der Waals surface area contributed by atoms with E-state index in [4.69, 9.17) is 27.9 Å². The molecule has 0 aromatic heterocycles. The zero-order valence-corrected chi connectivity index (χ0v) is 12.3. The molecule has 1 N–H and O–H groups in total. The van der Waals surface area contributed by atoms with Crippen LogP contribution in [0.2, 0.25) is 10.0 Å². The molecule has 0 aliphatic carbocycles. The third-order valence-electron chi connectivity index (χ3n) is 3.10. The fraction of sp³-hybridized carbons (Fsp3) is 0.417. The average molecular weight is 319 g/mol. The largest absolute Gasteiger partial charge is 0.488 e.